The number of urea groups is 1. The van der Waals surface area contributed by atoms with E-state index in [1.807, 2.05) is 38.1 Å². The molecule has 0 radical (unpaired) electrons. The molecule has 3 N–H and O–H groups in total. The fourth-order valence-electron chi connectivity index (χ4n) is 1.89. The van der Waals surface area contributed by atoms with Crippen LogP contribution in [0.4, 0.5) is 4.79 Å². The minimum absolute atomic E-state index is 0.0952. The first-order valence-corrected chi connectivity index (χ1v) is 7.22. The van der Waals surface area contributed by atoms with Crippen molar-refractivity contribution >= 4 is 6.03 Å². The van der Waals surface area contributed by atoms with Crippen molar-refractivity contribution in [2.75, 3.05) is 26.8 Å². The number of nitrogens with one attached hydrogen (secondary N) is 2. The Labute approximate surface area is 126 Å². The van der Waals surface area contributed by atoms with Gasteiger partial charge >= 0.3 is 6.03 Å². The van der Waals surface area contributed by atoms with Crippen molar-refractivity contribution in [3.05, 3.63) is 29.8 Å². The van der Waals surface area contributed by atoms with Crippen LogP contribution in [0.25, 0.3) is 0 Å². The molecule has 0 fully saturated rings. The van der Waals surface area contributed by atoms with E-state index in [4.69, 9.17) is 9.84 Å². The second kappa shape index (κ2) is 8.52. The van der Waals surface area contributed by atoms with Crippen molar-refractivity contribution in [3.8, 4) is 5.75 Å². The van der Waals surface area contributed by atoms with Crippen molar-refractivity contribution in [1.29, 1.82) is 0 Å². The molecule has 0 spiro atoms. The molecule has 1 aromatic carbocycles. The summed E-state index contributed by atoms with van der Waals surface area (Å²) < 4.78 is 5.10. The third-order valence-electron chi connectivity index (χ3n) is 3.37. The molecule has 118 valence electrons. The van der Waals surface area contributed by atoms with Crippen LogP contribution in [0.1, 0.15) is 25.8 Å². The molecule has 0 heterocycles. The van der Waals surface area contributed by atoms with E-state index < -0.39 is 0 Å². The lowest BCUT2D eigenvalue weighted by Crippen LogP contribution is -2.41. The second-order valence-electron chi connectivity index (χ2n) is 5.85. The van der Waals surface area contributed by atoms with Gasteiger partial charge in [-0.25, -0.2) is 4.79 Å². The van der Waals surface area contributed by atoms with E-state index >= 15 is 0 Å². The van der Waals surface area contributed by atoms with E-state index in [0.717, 1.165) is 17.7 Å². The highest BCUT2D eigenvalue weighted by atomic mass is 16.5. The molecule has 1 aromatic rings. The summed E-state index contributed by atoms with van der Waals surface area (Å²) >= 11 is 0. The van der Waals surface area contributed by atoms with Gasteiger partial charge in [0.2, 0.25) is 0 Å². The molecule has 5 nitrogen and oxygen atoms in total. The SMILES string of the molecule is COc1ccc(CCNC(=O)NCC(C)(C)CCO)cc1. The first kappa shape index (κ1) is 17.3. The largest absolute Gasteiger partial charge is 0.497 e. The van der Waals surface area contributed by atoms with Gasteiger partial charge in [0.15, 0.2) is 0 Å². The Hall–Kier alpha value is -1.75. The number of aliphatic hydroxyl groups is 1. The van der Waals surface area contributed by atoms with E-state index in [2.05, 4.69) is 10.6 Å². The van der Waals surface area contributed by atoms with Gasteiger partial charge in [0, 0.05) is 19.7 Å². The molecular formula is C16H26N2O3. The maximum Gasteiger partial charge on any atom is 0.314 e. The van der Waals surface area contributed by atoms with Gasteiger partial charge in [-0.1, -0.05) is 26.0 Å². The lowest BCUT2D eigenvalue weighted by atomic mass is 9.90. The number of benzene rings is 1. The highest BCUT2D eigenvalue weighted by molar-refractivity contribution is 5.73. The van der Waals surface area contributed by atoms with Crippen molar-refractivity contribution < 1.29 is 14.6 Å². The Balaban J connectivity index is 2.23. The number of amides is 2. The van der Waals surface area contributed by atoms with Gasteiger partial charge in [-0.15, -0.1) is 0 Å². The number of hydrogen-bond donors (Lipinski definition) is 3. The minimum atomic E-state index is -0.172. The summed E-state index contributed by atoms with van der Waals surface area (Å²) in [6.45, 7) is 5.29. The van der Waals surface area contributed by atoms with Gasteiger partial charge < -0.3 is 20.5 Å². The molecule has 0 aromatic heterocycles. The zero-order chi connectivity index (χ0) is 15.7. The van der Waals surface area contributed by atoms with Crippen LogP contribution < -0.4 is 15.4 Å². The zero-order valence-electron chi connectivity index (χ0n) is 13.1. The zero-order valence-corrected chi connectivity index (χ0v) is 13.1. The molecule has 0 saturated heterocycles. The Bertz CT molecular complexity index is 430. The van der Waals surface area contributed by atoms with Crippen LogP contribution in [0, 0.1) is 5.41 Å². The topological polar surface area (TPSA) is 70.6 Å². The summed E-state index contributed by atoms with van der Waals surface area (Å²) in [7, 11) is 1.64. The lowest BCUT2D eigenvalue weighted by molar-refractivity contribution is 0.201. The number of methoxy groups -OCH3 is 1. The van der Waals surface area contributed by atoms with Gasteiger partial charge in [-0.2, -0.15) is 0 Å². The van der Waals surface area contributed by atoms with E-state index in [0.29, 0.717) is 19.5 Å². The average molecular weight is 294 g/mol. The van der Waals surface area contributed by atoms with Crippen LogP contribution in [-0.4, -0.2) is 37.9 Å². The van der Waals surface area contributed by atoms with Crippen LogP contribution in [0.2, 0.25) is 0 Å². The van der Waals surface area contributed by atoms with Crippen LogP contribution >= 0.6 is 0 Å². The summed E-state index contributed by atoms with van der Waals surface area (Å²) in [5.41, 5.74) is 1.05. The molecule has 0 saturated carbocycles. The minimum Gasteiger partial charge on any atom is -0.497 e. The third kappa shape index (κ3) is 6.99. The Morgan fingerprint density at radius 3 is 2.48 bits per heavy atom. The van der Waals surface area contributed by atoms with Crippen molar-refractivity contribution in [2.24, 2.45) is 5.41 Å². The third-order valence-corrected chi connectivity index (χ3v) is 3.37. The summed E-state index contributed by atoms with van der Waals surface area (Å²) in [6, 6.07) is 7.63. The van der Waals surface area contributed by atoms with E-state index in [1.165, 1.54) is 0 Å². The van der Waals surface area contributed by atoms with Gasteiger partial charge in [-0.05, 0) is 36.0 Å². The molecule has 21 heavy (non-hydrogen) atoms. The molecule has 2 amide bonds. The highest BCUT2D eigenvalue weighted by Crippen LogP contribution is 2.17. The van der Waals surface area contributed by atoms with E-state index in [9.17, 15) is 4.79 Å². The monoisotopic (exact) mass is 294 g/mol. The number of rotatable bonds is 8. The first-order valence-electron chi connectivity index (χ1n) is 7.22. The number of carbonyl (C=O) groups excluding carboxylic acids is 1. The molecular weight excluding hydrogens is 268 g/mol. The molecule has 0 unspecified atom stereocenters. The Morgan fingerprint density at radius 1 is 1.24 bits per heavy atom. The normalized spacial score (nSPS) is 11.0. The number of aliphatic hydroxyl groups excluding tert-OH is 1. The van der Waals surface area contributed by atoms with E-state index in [1.54, 1.807) is 7.11 Å². The van der Waals surface area contributed by atoms with Crippen LogP contribution in [0.5, 0.6) is 5.75 Å². The number of hydrogen-bond acceptors (Lipinski definition) is 3. The summed E-state index contributed by atoms with van der Waals surface area (Å²) in [5, 5.41) is 14.6. The molecule has 0 atom stereocenters. The fourth-order valence-corrected chi connectivity index (χ4v) is 1.89. The number of carbonyl (C=O) groups is 1. The summed E-state index contributed by atoms with van der Waals surface area (Å²) in [5.74, 6) is 0.829. The predicted molar refractivity (Wildman–Crippen MR) is 83.6 cm³/mol. The summed E-state index contributed by atoms with van der Waals surface area (Å²) in [6.07, 6.45) is 1.44. The lowest BCUT2D eigenvalue weighted by Gasteiger charge is -2.23. The van der Waals surface area contributed by atoms with E-state index in [-0.39, 0.29) is 18.1 Å². The molecule has 0 aliphatic carbocycles. The number of ether oxygens (including phenoxy) is 1. The summed E-state index contributed by atoms with van der Waals surface area (Å²) in [4.78, 5) is 11.7. The van der Waals surface area contributed by atoms with Crippen LogP contribution in [0.3, 0.4) is 0 Å². The highest BCUT2D eigenvalue weighted by Gasteiger charge is 2.17. The van der Waals surface area contributed by atoms with Gasteiger partial charge in [0.05, 0.1) is 7.11 Å². The molecule has 0 aliphatic rings. The Kier molecular flexibility index (Phi) is 7.02. The smallest absolute Gasteiger partial charge is 0.314 e. The standard InChI is InChI=1S/C16H26N2O3/c1-16(2,9-11-19)12-18-15(20)17-10-8-13-4-6-14(21-3)7-5-13/h4-7,19H,8-12H2,1-3H3,(H2,17,18,20). The average Bonchev–Trinajstić information content (AvgIpc) is 2.46. The second-order valence-corrected chi connectivity index (χ2v) is 5.85. The quantitative estimate of drug-likeness (QED) is 0.686. The Morgan fingerprint density at radius 2 is 1.90 bits per heavy atom. The molecule has 5 heteroatoms. The predicted octanol–water partition coefficient (Wildman–Crippen LogP) is 1.95. The molecule has 1 rings (SSSR count). The van der Waals surface area contributed by atoms with Crippen molar-refractivity contribution in [1.82, 2.24) is 10.6 Å². The molecule has 0 bridgehead atoms. The maximum atomic E-state index is 11.7. The van der Waals surface area contributed by atoms with Crippen LogP contribution in [0.15, 0.2) is 24.3 Å². The molecule has 0 aliphatic heterocycles. The van der Waals surface area contributed by atoms with Crippen molar-refractivity contribution in [2.45, 2.75) is 26.7 Å². The van der Waals surface area contributed by atoms with Gasteiger partial charge in [-0.3, -0.25) is 0 Å². The van der Waals surface area contributed by atoms with Crippen molar-refractivity contribution in [3.63, 3.8) is 0 Å². The van der Waals surface area contributed by atoms with Gasteiger partial charge in [0.1, 0.15) is 5.75 Å². The maximum absolute atomic E-state index is 11.7. The first-order chi connectivity index (χ1) is 9.96. The van der Waals surface area contributed by atoms with Crippen LogP contribution in [-0.2, 0) is 6.42 Å². The fraction of sp³-hybridized carbons (Fsp3) is 0.562. The van der Waals surface area contributed by atoms with Gasteiger partial charge in [0.25, 0.3) is 0 Å².